The van der Waals surface area contributed by atoms with Crippen molar-refractivity contribution in [2.45, 2.75) is 31.8 Å². The van der Waals surface area contributed by atoms with E-state index in [4.69, 9.17) is 4.74 Å². The highest BCUT2D eigenvalue weighted by molar-refractivity contribution is 7.98. The van der Waals surface area contributed by atoms with Crippen LogP contribution < -0.4 is 0 Å². The van der Waals surface area contributed by atoms with Crippen LogP contribution in [0.2, 0.25) is 0 Å². The lowest BCUT2D eigenvalue weighted by molar-refractivity contribution is -0.135. The fraction of sp³-hybridized carbons (Fsp3) is 1.00. The van der Waals surface area contributed by atoms with E-state index in [1.165, 1.54) is 57.7 Å². The quantitative estimate of drug-likeness (QED) is 0.710. The Morgan fingerprint density at radius 3 is 2.61 bits per heavy atom. The first-order chi connectivity index (χ1) is 8.78. The molecule has 4 heteroatoms. The summed E-state index contributed by atoms with van der Waals surface area (Å²) in [7, 11) is 0. The van der Waals surface area contributed by atoms with E-state index < -0.39 is 0 Å². The third kappa shape index (κ3) is 3.86. The summed E-state index contributed by atoms with van der Waals surface area (Å²) >= 11 is 1.96. The minimum absolute atomic E-state index is 0.184. The van der Waals surface area contributed by atoms with Gasteiger partial charge in [0.2, 0.25) is 0 Å². The molecule has 18 heavy (non-hydrogen) atoms. The third-order valence-electron chi connectivity index (χ3n) is 4.36. The van der Waals surface area contributed by atoms with Crippen molar-refractivity contribution in [3.8, 4) is 0 Å². The normalized spacial score (nSPS) is 25.7. The Bertz CT molecular complexity index is 242. The molecule has 1 spiro atoms. The molecule has 0 bridgehead atoms. The van der Waals surface area contributed by atoms with Gasteiger partial charge in [0.05, 0.1) is 12.2 Å². The zero-order valence-electron chi connectivity index (χ0n) is 12.0. The second-order valence-electron chi connectivity index (χ2n) is 5.59. The molecule has 0 aliphatic carbocycles. The fourth-order valence-electron chi connectivity index (χ4n) is 3.13. The lowest BCUT2D eigenvalue weighted by atomic mass is 9.89. The van der Waals surface area contributed by atoms with Gasteiger partial charge in [-0.05, 0) is 44.4 Å². The summed E-state index contributed by atoms with van der Waals surface area (Å²) in [5.74, 6) is 1.29. The van der Waals surface area contributed by atoms with Gasteiger partial charge in [0, 0.05) is 26.2 Å². The number of likely N-dealkylation sites (tertiary alicyclic amines) is 1. The summed E-state index contributed by atoms with van der Waals surface area (Å²) in [5.41, 5.74) is 0.184. The van der Waals surface area contributed by atoms with Gasteiger partial charge >= 0.3 is 0 Å². The second kappa shape index (κ2) is 7.13. The molecule has 2 fully saturated rings. The SMILES string of the molecule is CCN1CCC2(CC1)CN(CCCSC)CCO2. The van der Waals surface area contributed by atoms with Gasteiger partial charge in [-0.3, -0.25) is 4.90 Å². The van der Waals surface area contributed by atoms with E-state index in [0.717, 1.165) is 13.2 Å². The van der Waals surface area contributed by atoms with Crippen molar-refractivity contribution in [1.82, 2.24) is 9.80 Å². The largest absolute Gasteiger partial charge is 0.372 e. The molecule has 0 aromatic heterocycles. The van der Waals surface area contributed by atoms with Gasteiger partial charge < -0.3 is 9.64 Å². The zero-order valence-corrected chi connectivity index (χ0v) is 12.8. The highest BCUT2D eigenvalue weighted by Crippen LogP contribution is 2.30. The second-order valence-corrected chi connectivity index (χ2v) is 6.57. The molecule has 3 nitrogen and oxygen atoms in total. The van der Waals surface area contributed by atoms with Crippen LogP contribution in [-0.2, 0) is 4.74 Å². The van der Waals surface area contributed by atoms with Crippen LogP contribution in [0.1, 0.15) is 26.2 Å². The number of ether oxygens (including phenoxy) is 1. The standard InChI is InChI=1S/C14H28N2OS/c1-3-15-8-5-14(6-9-15)13-16(10-11-17-14)7-4-12-18-2/h3-13H2,1-2H3. The van der Waals surface area contributed by atoms with E-state index in [0.29, 0.717) is 0 Å². The van der Waals surface area contributed by atoms with Crippen molar-refractivity contribution in [3.05, 3.63) is 0 Å². The smallest absolute Gasteiger partial charge is 0.0833 e. The van der Waals surface area contributed by atoms with Crippen LogP contribution in [0.25, 0.3) is 0 Å². The average molecular weight is 272 g/mol. The summed E-state index contributed by atoms with van der Waals surface area (Å²) in [6.07, 6.45) is 5.96. The third-order valence-corrected chi connectivity index (χ3v) is 5.06. The molecular weight excluding hydrogens is 244 g/mol. The molecule has 2 heterocycles. The molecule has 2 rings (SSSR count). The van der Waals surface area contributed by atoms with Crippen LogP contribution >= 0.6 is 11.8 Å². The van der Waals surface area contributed by atoms with E-state index in [1.807, 2.05) is 11.8 Å². The molecule has 0 aromatic rings. The Morgan fingerprint density at radius 1 is 1.17 bits per heavy atom. The van der Waals surface area contributed by atoms with Crippen LogP contribution in [0.3, 0.4) is 0 Å². The number of rotatable bonds is 5. The Kier molecular flexibility index (Phi) is 5.80. The summed E-state index contributed by atoms with van der Waals surface area (Å²) in [6.45, 7) is 10.4. The predicted octanol–water partition coefficient (Wildman–Crippen LogP) is 1.93. The van der Waals surface area contributed by atoms with Gasteiger partial charge in [0.1, 0.15) is 0 Å². The van der Waals surface area contributed by atoms with E-state index >= 15 is 0 Å². The molecule has 106 valence electrons. The molecule has 0 unspecified atom stereocenters. The lowest BCUT2D eigenvalue weighted by Gasteiger charge is -2.47. The maximum Gasteiger partial charge on any atom is 0.0833 e. The molecule has 0 amide bonds. The van der Waals surface area contributed by atoms with E-state index in [2.05, 4.69) is 23.0 Å². The van der Waals surface area contributed by atoms with Crippen molar-refractivity contribution < 1.29 is 4.74 Å². The van der Waals surface area contributed by atoms with Crippen molar-refractivity contribution in [1.29, 1.82) is 0 Å². The van der Waals surface area contributed by atoms with Gasteiger partial charge in [-0.15, -0.1) is 0 Å². The van der Waals surface area contributed by atoms with Gasteiger partial charge in [0.25, 0.3) is 0 Å². The maximum absolute atomic E-state index is 6.16. The summed E-state index contributed by atoms with van der Waals surface area (Å²) in [4.78, 5) is 5.17. The molecule has 0 radical (unpaired) electrons. The van der Waals surface area contributed by atoms with Crippen LogP contribution in [0.4, 0.5) is 0 Å². The Balaban J connectivity index is 1.79. The summed E-state index contributed by atoms with van der Waals surface area (Å²) in [6, 6.07) is 0. The Hall–Kier alpha value is 0.230. The number of morpholine rings is 1. The number of hydrogen-bond acceptors (Lipinski definition) is 4. The van der Waals surface area contributed by atoms with Crippen LogP contribution in [0.5, 0.6) is 0 Å². The van der Waals surface area contributed by atoms with E-state index in [9.17, 15) is 0 Å². The Morgan fingerprint density at radius 2 is 1.94 bits per heavy atom. The van der Waals surface area contributed by atoms with Crippen LogP contribution in [0.15, 0.2) is 0 Å². The molecule has 0 atom stereocenters. The number of nitrogens with zero attached hydrogens (tertiary/aromatic N) is 2. The van der Waals surface area contributed by atoms with Gasteiger partial charge in [-0.1, -0.05) is 6.92 Å². The first kappa shape index (κ1) is 14.6. The topological polar surface area (TPSA) is 15.7 Å². The first-order valence-electron chi connectivity index (χ1n) is 7.35. The molecule has 2 aliphatic rings. The molecule has 0 saturated carbocycles. The molecular formula is C14H28N2OS. The van der Waals surface area contributed by atoms with E-state index in [-0.39, 0.29) is 5.60 Å². The Labute approximate surface area is 116 Å². The van der Waals surface area contributed by atoms with Crippen molar-refractivity contribution in [3.63, 3.8) is 0 Å². The number of piperidine rings is 1. The van der Waals surface area contributed by atoms with Crippen molar-refractivity contribution in [2.75, 3.05) is 57.9 Å². The fourth-order valence-corrected chi connectivity index (χ4v) is 3.54. The predicted molar refractivity (Wildman–Crippen MR) is 79.5 cm³/mol. The van der Waals surface area contributed by atoms with E-state index in [1.54, 1.807) is 0 Å². The molecule has 0 N–H and O–H groups in total. The van der Waals surface area contributed by atoms with Crippen molar-refractivity contribution in [2.24, 2.45) is 0 Å². The van der Waals surface area contributed by atoms with Gasteiger partial charge in [0.15, 0.2) is 0 Å². The zero-order chi connectivity index (χ0) is 12.8. The lowest BCUT2D eigenvalue weighted by Crippen LogP contribution is -2.56. The summed E-state index contributed by atoms with van der Waals surface area (Å²) < 4.78 is 6.16. The monoisotopic (exact) mass is 272 g/mol. The average Bonchev–Trinajstić information content (AvgIpc) is 2.40. The number of thioether (sulfide) groups is 1. The maximum atomic E-state index is 6.16. The molecule has 2 saturated heterocycles. The van der Waals surface area contributed by atoms with Gasteiger partial charge in [-0.2, -0.15) is 11.8 Å². The minimum atomic E-state index is 0.184. The summed E-state index contributed by atoms with van der Waals surface area (Å²) in [5, 5.41) is 0. The van der Waals surface area contributed by atoms with Crippen molar-refractivity contribution >= 4 is 11.8 Å². The van der Waals surface area contributed by atoms with Crippen LogP contribution in [-0.4, -0.2) is 73.3 Å². The first-order valence-corrected chi connectivity index (χ1v) is 8.75. The molecule has 0 aromatic carbocycles. The van der Waals surface area contributed by atoms with Crippen LogP contribution in [0, 0.1) is 0 Å². The minimum Gasteiger partial charge on any atom is -0.372 e. The highest BCUT2D eigenvalue weighted by atomic mass is 32.2. The highest BCUT2D eigenvalue weighted by Gasteiger charge is 2.38. The number of hydrogen-bond donors (Lipinski definition) is 0. The van der Waals surface area contributed by atoms with Gasteiger partial charge in [-0.25, -0.2) is 0 Å². The molecule has 2 aliphatic heterocycles.